The summed E-state index contributed by atoms with van der Waals surface area (Å²) in [6.45, 7) is 0.572. The molecule has 0 saturated carbocycles. The molecule has 19 unspecified atom stereocenters. The van der Waals surface area contributed by atoms with Gasteiger partial charge in [-0.2, -0.15) is 5.10 Å². The molecule has 65 heavy (non-hydrogen) atoms. The first-order valence-corrected chi connectivity index (χ1v) is 20.6. The maximum Gasteiger partial charge on any atom is 0.335 e. The number of aliphatic hydroxyl groups is 6. The average molecular weight is 943 g/mol. The minimum Gasteiger partial charge on any atom is -0.479 e. The summed E-state index contributed by atoms with van der Waals surface area (Å²) in [6, 6.07) is -2.20. The normalized spacial score (nSPS) is 38.8. The van der Waals surface area contributed by atoms with Crippen molar-refractivity contribution < 1.29 is 107 Å². The Morgan fingerprint density at radius 3 is 1.95 bits per heavy atom. The number of aliphatic hydroxyl groups excluding tert-OH is 6. The second kappa shape index (κ2) is 26.2. The highest BCUT2D eigenvalue weighted by molar-refractivity contribution is 5.78. The molecule has 4 heterocycles. The van der Waals surface area contributed by atoms with Crippen LogP contribution in [0.4, 0.5) is 0 Å². The summed E-state index contributed by atoms with van der Waals surface area (Å²) in [6.07, 6.45) is -22.6. The van der Waals surface area contributed by atoms with E-state index in [4.69, 9.17) is 47.4 Å². The molecule has 4 fully saturated rings. The minimum absolute atomic E-state index is 0.0475. The predicted molar refractivity (Wildman–Crippen MR) is 211 cm³/mol. The molecular weight excluding hydrogens is 880 g/mol. The number of carboxylic acids is 1. The molecule has 4 rings (SSSR count). The third-order valence-corrected chi connectivity index (χ3v) is 10.9. The number of aldehydes is 1. The first-order chi connectivity index (χ1) is 31.0. The number of carbonyl (C=O) groups excluding carboxylic acids is 4. The third-order valence-electron chi connectivity index (χ3n) is 10.9. The lowest BCUT2D eigenvalue weighted by Gasteiger charge is -2.47. The Bertz CT molecular complexity index is 1570. The summed E-state index contributed by atoms with van der Waals surface area (Å²) >= 11 is 0. The van der Waals surface area contributed by atoms with Gasteiger partial charge in [0.1, 0.15) is 85.6 Å². The van der Waals surface area contributed by atoms with E-state index in [0.29, 0.717) is 6.29 Å². The fraction of sp³-hybridized carbons (Fsp3) is 0.838. The topological polar surface area (TPSA) is 392 Å². The molecule has 3 amide bonds. The van der Waals surface area contributed by atoms with Crippen molar-refractivity contribution >= 4 is 36.2 Å². The van der Waals surface area contributed by atoms with Gasteiger partial charge in [-0.15, -0.1) is 0 Å². The summed E-state index contributed by atoms with van der Waals surface area (Å²) < 4.78 is 55.1. The Morgan fingerprint density at radius 1 is 0.708 bits per heavy atom. The van der Waals surface area contributed by atoms with Gasteiger partial charge in [-0.1, -0.05) is 0 Å². The second-order valence-electron chi connectivity index (χ2n) is 15.3. The van der Waals surface area contributed by atoms with Crippen molar-refractivity contribution in [3.8, 4) is 0 Å². The first kappa shape index (κ1) is 54.1. The maximum absolute atomic E-state index is 12.6. The number of hydrazone groups is 1. The van der Waals surface area contributed by atoms with E-state index in [1.54, 1.807) is 0 Å². The van der Waals surface area contributed by atoms with Crippen molar-refractivity contribution in [2.24, 2.45) is 5.10 Å². The number of carbonyl (C=O) groups is 5. The molecule has 0 aromatic rings. The first-order valence-electron chi connectivity index (χ1n) is 20.6. The second-order valence-corrected chi connectivity index (χ2v) is 15.3. The Morgan fingerprint density at radius 2 is 1.34 bits per heavy atom. The summed E-state index contributed by atoms with van der Waals surface area (Å²) in [5.74, 6) is -3.09. The van der Waals surface area contributed by atoms with E-state index in [1.807, 2.05) is 0 Å². The summed E-state index contributed by atoms with van der Waals surface area (Å²) in [7, 11) is 4.99. The van der Waals surface area contributed by atoms with Gasteiger partial charge in [-0.05, 0) is 12.8 Å². The molecule has 0 aliphatic carbocycles. The molecule has 4 aliphatic rings. The van der Waals surface area contributed by atoms with Crippen LogP contribution in [0, 0.1) is 0 Å². The highest BCUT2D eigenvalue weighted by atomic mass is 16.7. The number of unbranched alkanes of at least 4 members (excludes halogenated alkanes) is 1. The van der Waals surface area contributed by atoms with Gasteiger partial charge >= 0.3 is 5.97 Å². The lowest BCUT2D eigenvalue weighted by atomic mass is 9.95. The van der Waals surface area contributed by atoms with E-state index in [9.17, 15) is 59.7 Å². The van der Waals surface area contributed by atoms with Crippen molar-refractivity contribution in [2.45, 2.75) is 149 Å². The molecule has 372 valence electrons. The molecule has 0 aromatic heterocycles. The van der Waals surface area contributed by atoms with E-state index in [1.165, 1.54) is 28.3 Å². The Kier molecular flexibility index (Phi) is 21.8. The van der Waals surface area contributed by atoms with E-state index < -0.39 is 140 Å². The number of methoxy groups -OCH3 is 4. The zero-order valence-corrected chi connectivity index (χ0v) is 36.3. The van der Waals surface area contributed by atoms with Gasteiger partial charge in [0.05, 0.1) is 25.4 Å². The lowest BCUT2D eigenvalue weighted by Crippen LogP contribution is -2.68. The molecule has 19 atom stereocenters. The van der Waals surface area contributed by atoms with Crippen molar-refractivity contribution in [1.29, 1.82) is 0 Å². The van der Waals surface area contributed by atoms with Gasteiger partial charge in [0.15, 0.2) is 31.3 Å². The molecule has 4 aliphatic heterocycles. The van der Waals surface area contributed by atoms with Gasteiger partial charge in [-0.25, -0.2) is 15.6 Å². The molecule has 0 spiro atoms. The maximum atomic E-state index is 12.6. The van der Waals surface area contributed by atoms with E-state index >= 15 is 0 Å². The van der Waals surface area contributed by atoms with Crippen molar-refractivity contribution in [2.75, 3.05) is 48.1 Å². The SMILES string of the molecule is COC1COC(OC2C(O)C(/C=N/NC(=O)CCCCC(=O)NNCC3OC(OC)C(NCC=O)C(OC4OC(C(=O)O)C(OC)C(O)C4O)C3O)OC(OC)C2NC(C)=O)C(O)C1O. The van der Waals surface area contributed by atoms with Gasteiger partial charge in [0, 0.05) is 54.7 Å². The zero-order chi connectivity index (χ0) is 48.0. The smallest absolute Gasteiger partial charge is 0.335 e. The third kappa shape index (κ3) is 14.3. The van der Waals surface area contributed by atoms with Crippen molar-refractivity contribution in [1.82, 2.24) is 26.9 Å². The highest BCUT2D eigenvalue weighted by Gasteiger charge is 2.54. The van der Waals surface area contributed by atoms with Crippen molar-refractivity contribution in [3.05, 3.63) is 0 Å². The van der Waals surface area contributed by atoms with E-state index in [0.717, 1.165) is 13.3 Å². The summed E-state index contributed by atoms with van der Waals surface area (Å²) in [5.41, 5.74) is 7.38. The largest absolute Gasteiger partial charge is 0.479 e. The molecule has 28 heteroatoms. The number of rotatable bonds is 23. The standard InChI is InChI=1S/C37H62N6O22/c1-15(45)41-22-30(63-36-27(52)23(48)18(56-2)14-60-36)25(50)17(62-35(22)59-5)13-40-43-20(47)9-7-6-8-19(46)42-39-12-16-24(49)29(21(38-10-11-44)34(58-4)61-16)64-37-28(53)26(51)31(57-3)32(65-37)33(54)55/h11,13,16-18,21-32,34-39,48-53H,6-10,12,14H2,1-5H3,(H,41,45)(H,42,46)(H,43,47)(H,54,55)/b40-13+. The molecule has 0 radical (unpaired) electrons. The average Bonchev–Trinajstić information content (AvgIpc) is 3.27. The van der Waals surface area contributed by atoms with Gasteiger partial charge in [0.25, 0.3) is 0 Å². The monoisotopic (exact) mass is 942 g/mol. The lowest BCUT2D eigenvalue weighted by molar-refractivity contribution is -0.338. The van der Waals surface area contributed by atoms with Crippen LogP contribution in [0.15, 0.2) is 5.10 Å². The summed E-state index contributed by atoms with van der Waals surface area (Å²) in [4.78, 5) is 60.2. The summed E-state index contributed by atoms with van der Waals surface area (Å²) in [5, 5.41) is 83.7. The van der Waals surface area contributed by atoms with Crippen LogP contribution < -0.4 is 26.9 Å². The van der Waals surface area contributed by atoms with Gasteiger partial charge < -0.3 is 98.5 Å². The molecule has 4 saturated heterocycles. The number of ether oxygens (including phenoxy) is 10. The Hall–Kier alpha value is -3.50. The van der Waals surface area contributed by atoms with Crippen LogP contribution in [0.5, 0.6) is 0 Å². The number of nitrogens with zero attached hydrogens (tertiary/aromatic N) is 1. The molecule has 0 bridgehead atoms. The molecule has 12 N–H and O–H groups in total. The molecular formula is C37H62N6O22. The molecule has 0 aromatic carbocycles. The fourth-order valence-corrected chi connectivity index (χ4v) is 7.54. The number of carboxylic acid groups (broad SMARTS) is 1. The predicted octanol–water partition coefficient (Wildman–Crippen LogP) is -7.19. The Labute approximate surface area is 372 Å². The van der Waals surface area contributed by atoms with Crippen LogP contribution in [0.25, 0.3) is 0 Å². The van der Waals surface area contributed by atoms with Crippen LogP contribution in [0.2, 0.25) is 0 Å². The highest BCUT2D eigenvalue weighted by Crippen LogP contribution is 2.31. The molecule has 28 nitrogen and oxygen atoms in total. The van der Waals surface area contributed by atoms with Crippen molar-refractivity contribution in [3.63, 3.8) is 0 Å². The quantitative estimate of drug-likeness (QED) is 0.0196. The zero-order valence-electron chi connectivity index (χ0n) is 36.3. The van der Waals surface area contributed by atoms with Crippen LogP contribution in [0.1, 0.15) is 32.6 Å². The number of aliphatic carboxylic acids is 1. The van der Waals surface area contributed by atoms with E-state index in [-0.39, 0.29) is 45.4 Å². The Balaban J connectivity index is 1.25. The van der Waals surface area contributed by atoms with Crippen LogP contribution in [-0.2, 0) is 71.3 Å². The van der Waals surface area contributed by atoms with Gasteiger partial charge in [-0.3, -0.25) is 19.8 Å². The van der Waals surface area contributed by atoms with E-state index in [2.05, 4.69) is 32.0 Å². The number of hydrazine groups is 1. The number of nitrogens with one attached hydrogen (secondary N) is 5. The number of hydrogen-bond acceptors (Lipinski definition) is 24. The number of amides is 3. The number of hydrogen-bond donors (Lipinski definition) is 12. The van der Waals surface area contributed by atoms with Gasteiger partial charge in [0.2, 0.25) is 17.7 Å². The fourth-order valence-electron chi connectivity index (χ4n) is 7.54. The van der Waals surface area contributed by atoms with Crippen LogP contribution in [-0.4, -0.2) is 237 Å². The van der Waals surface area contributed by atoms with Crippen LogP contribution >= 0.6 is 0 Å². The van der Waals surface area contributed by atoms with Crippen LogP contribution in [0.3, 0.4) is 0 Å². The minimum atomic E-state index is -1.83.